The fourth-order valence-electron chi connectivity index (χ4n) is 5.26. The number of carbonyl (C=O) groups excluding carboxylic acids is 1. The van der Waals surface area contributed by atoms with Crippen molar-refractivity contribution < 1.29 is 14.6 Å². The van der Waals surface area contributed by atoms with E-state index in [1.807, 2.05) is 0 Å². The Morgan fingerprint density at radius 3 is 3.09 bits per heavy atom. The maximum Gasteiger partial charge on any atom is 0.173 e. The number of fused-ring (bicyclic) bond motifs is 1. The van der Waals surface area contributed by atoms with Crippen molar-refractivity contribution in [3.05, 3.63) is 23.7 Å². The number of allylic oxidation sites excluding steroid dienone is 3. The van der Waals surface area contributed by atoms with Crippen LogP contribution in [0.1, 0.15) is 39.0 Å². The molecular formula is C18H25NO3. The Balaban J connectivity index is 1.85. The van der Waals surface area contributed by atoms with E-state index in [1.165, 1.54) is 0 Å². The minimum Gasteiger partial charge on any atom is -0.504 e. The number of hydrogen-bond acceptors (Lipinski definition) is 4. The van der Waals surface area contributed by atoms with Crippen molar-refractivity contribution in [2.75, 3.05) is 13.6 Å². The molecule has 1 N–H and O–H groups in total. The van der Waals surface area contributed by atoms with Gasteiger partial charge in [-0.05, 0) is 50.8 Å². The highest BCUT2D eigenvalue weighted by Gasteiger charge is 2.61. The maximum atomic E-state index is 12.5. The highest BCUT2D eigenvalue weighted by atomic mass is 16.5. The predicted octanol–water partition coefficient (Wildman–Crippen LogP) is 2.81. The molecule has 1 spiro atoms. The van der Waals surface area contributed by atoms with Gasteiger partial charge in [0.15, 0.2) is 17.6 Å². The van der Waals surface area contributed by atoms with E-state index in [4.69, 9.17) is 4.74 Å². The Bertz CT molecular complexity index is 567. The van der Waals surface area contributed by atoms with Crippen LogP contribution in [-0.2, 0) is 9.53 Å². The second kappa shape index (κ2) is 4.85. The third-order valence-corrected chi connectivity index (χ3v) is 6.45. The summed E-state index contributed by atoms with van der Waals surface area (Å²) in [5, 5.41) is 10.3. The number of nitrogens with zero attached hydrogens (tertiary/aromatic N) is 1. The Kier molecular flexibility index (Phi) is 3.16. The van der Waals surface area contributed by atoms with E-state index in [-0.39, 0.29) is 23.1 Å². The summed E-state index contributed by atoms with van der Waals surface area (Å²) in [6, 6.07) is 0.507. The summed E-state index contributed by atoms with van der Waals surface area (Å²) in [6.07, 6.45) is 7.92. The molecular weight excluding hydrogens is 278 g/mol. The van der Waals surface area contributed by atoms with Crippen LogP contribution < -0.4 is 0 Å². The van der Waals surface area contributed by atoms with E-state index >= 15 is 0 Å². The van der Waals surface area contributed by atoms with Crippen molar-refractivity contribution in [3.8, 4) is 0 Å². The van der Waals surface area contributed by atoms with Crippen LogP contribution in [0.25, 0.3) is 0 Å². The van der Waals surface area contributed by atoms with Gasteiger partial charge in [0.1, 0.15) is 5.76 Å². The van der Waals surface area contributed by atoms with E-state index in [9.17, 15) is 9.90 Å². The van der Waals surface area contributed by atoms with Crippen molar-refractivity contribution in [2.45, 2.75) is 51.2 Å². The number of likely N-dealkylation sites (tertiary alicyclic amines) is 1. The lowest BCUT2D eigenvalue weighted by atomic mass is 9.56. The molecule has 0 aromatic carbocycles. The standard InChI is InChI=1S/C18H25NO3/c1-11-3-5-14(20)16-10-18-7-8-19(2)13(9-11)12(18)4-6-15(21)17(18)22-16/h3,5,11-13,17,20H,4,6-10H2,1-2H3/b5-3-,16-14-/t11?,12-,13+,17-,18?/m0/s1. The molecule has 3 bridgehead atoms. The van der Waals surface area contributed by atoms with Gasteiger partial charge < -0.3 is 14.7 Å². The molecule has 22 heavy (non-hydrogen) atoms. The van der Waals surface area contributed by atoms with Crippen molar-refractivity contribution in [3.63, 3.8) is 0 Å². The first kappa shape index (κ1) is 14.3. The topological polar surface area (TPSA) is 49.8 Å². The fourth-order valence-corrected chi connectivity index (χ4v) is 5.26. The third-order valence-electron chi connectivity index (χ3n) is 6.45. The van der Waals surface area contributed by atoms with Crippen LogP contribution in [0.3, 0.4) is 0 Å². The van der Waals surface area contributed by atoms with Gasteiger partial charge in [-0.15, -0.1) is 0 Å². The quantitative estimate of drug-likeness (QED) is 0.747. The van der Waals surface area contributed by atoms with E-state index < -0.39 is 0 Å². The van der Waals surface area contributed by atoms with Crippen molar-refractivity contribution in [2.24, 2.45) is 17.3 Å². The van der Waals surface area contributed by atoms with Gasteiger partial charge in [-0.1, -0.05) is 13.0 Å². The summed E-state index contributed by atoms with van der Waals surface area (Å²) >= 11 is 0. The lowest BCUT2D eigenvalue weighted by molar-refractivity contribution is -0.147. The molecule has 0 radical (unpaired) electrons. The monoisotopic (exact) mass is 303 g/mol. The highest BCUT2D eigenvalue weighted by molar-refractivity contribution is 5.85. The van der Waals surface area contributed by atoms with E-state index in [1.54, 1.807) is 6.08 Å². The first-order chi connectivity index (χ1) is 10.5. The van der Waals surface area contributed by atoms with Gasteiger partial charge in [-0.25, -0.2) is 0 Å². The maximum absolute atomic E-state index is 12.5. The first-order valence-corrected chi connectivity index (χ1v) is 8.51. The number of ether oxygens (including phenoxy) is 1. The number of Topliss-reactive ketones (excluding diaryl/α,β-unsaturated/α-hetero) is 1. The summed E-state index contributed by atoms with van der Waals surface area (Å²) in [5.74, 6) is 2.00. The second-order valence-electron chi connectivity index (χ2n) is 7.70. The molecule has 4 nitrogen and oxygen atoms in total. The summed E-state index contributed by atoms with van der Waals surface area (Å²) < 4.78 is 6.01. The average Bonchev–Trinajstić information content (AvgIpc) is 2.89. The number of ketones is 1. The molecule has 2 heterocycles. The van der Waals surface area contributed by atoms with E-state index in [0.29, 0.717) is 30.1 Å². The Labute approximate surface area is 131 Å². The minimum absolute atomic E-state index is 0.0826. The zero-order valence-corrected chi connectivity index (χ0v) is 13.4. The molecule has 0 amide bonds. The van der Waals surface area contributed by atoms with Crippen LogP contribution in [-0.4, -0.2) is 41.5 Å². The Morgan fingerprint density at radius 2 is 2.27 bits per heavy atom. The molecule has 2 aliphatic carbocycles. The lowest BCUT2D eigenvalue weighted by Crippen LogP contribution is -2.59. The number of piperidine rings is 1. The second-order valence-corrected chi connectivity index (χ2v) is 7.70. The largest absolute Gasteiger partial charge is 0.504 e. The van der Waals surface area contributed by atoms with Gasteiger partial charge in [-0.3, -0.25) is 4.79 Å². The third kappa shape index (κ3) is 1.89. The van der Waals surface area contributed by atoms with Crippen LogP contribution >= 0.6 is 0 Å². The summed E-state index contributed by atoms with van der Waals surface area (Å²) in [7, 11) is 2.22. The molecule has 4 aliphatic rings. The molecule has 2 unspecified atom stereocenters. The average molecular weight is 303 g/mol. The molecule has 3 fully saturated rings. The number of aliphatic hydroxyl groups excluding tert-OH is 1. The van der Waals surface area contributed by atoms with Crippen LogP contribution in [0.4, 0.5) is 0 Å². The Morgan fingerprint density at radius 1 is 1.45 bits per heavy atom. The minimum atomic E-state index is -0.332. The Hall–Kier alpha value is -1.29. The number of aliphatic hydroxyl groups is 1. The SMILES string of the molecule is CC1/C=C\C(O)=C2/CC34CCN(C)[C@H](C1)[C@@H]3CCC(=O)[C@@H]4O2. The first-order valence-electron chi connectivity index (χ1n) is 8.51. The van der Waals surface area contributed by atoms with E-state index in [2.05, 4.69) is 24.9 Å². The van der Waals surface area contributed by atoms with Crippen LogP contribution in [0.5, 0.6) is 0 Å². The normalized spacial score (nSPS) is 49.6. The predicted molar refractivity (Wildman–Crippen MR) is 83.3 cm³/mol. The summed E-state index contributed by atoms with van der Waals surface area (Å²) in [5.41, 5.74) is -0.0826. The molecule has 4 heteroatoms. The molecule has 120 valence electrons. The van der Waals surface area contributed by atoms with Gasteiger partial charge in [0.05, 0.1) is 0 Å². The van der Waals surface area contributed by atoms with Crippen molar-refractivity contribution in [1.82, 2.24) is 4.90 Å². The fraction of sp³-hybridized carbons (Fsp3) is 0.722. The zero-order chi connectivity index (χ0) is 15.5. The summed E-state index contributed by atoms with van der Waals surface area (Å²) in [4.78, 5) is 15.0. The lowest BCUT2D eigenvalue weighted by Gasteiger charge is -2.54. The summed E-state index contributed by atoms with van der Waals surface area (Å²) in [6.45, 7) is 3.22. The molecule has 0 aromatic heterocycles. The van der Waals surface area contributed by atoms with Gasteiger partial charge in [0.2, 0.25) is 0 Å². The highest BCUT2D eigenvalue weighted by Crippen LogP contribution is 2.58. The molecule has 2 aliphatic heterocycles. The number of rotatable bonds is 0. The molecule has 5 atom stereocenters. The van der Waals surface area contributed by atoms with Crippen molar-refractivity contribution in [1.29, 1.82) is 0 Å². The van der Waals surface area contributed by atoms with Crippen LogP contribution in [0.15, 0.2) is 23.7 Å². The molecule has 1 saturated carbocycles. The van der Waals surface area contributed by atoms with E-state index in [0.717, 1.165) is 32.2 Å². The van der Waals surface area contributed by atoms with Gasteiger partial charge in [0, 0.05) is 24.3 Å². The van der Waals surface area contributed by atoms with Gasteiger partial charge in [0.25, 0.3) is 0 Å². The molecule has 0 aromatic rings. The molecule has 2 saturated heterocycles. The van der Waals surface area contributed by atoms with Crippen molar-refractivity contribution >= 4 is 5.78 Å². The zero-order valence-electron chi connectivity index (χ0n) is 13.4. The van der Waals surface area contributed by atoms with Crippen LogP contribution in [0.2, 0.25) is 0 Å². The van der Waals surface area contributed by atoms with Crippen LogP contribution in [0, 0.1) is 17.3 Å². The van der Waals surface area contributed by atoms with Gasteiger partial charge >= 0.3 is 0 Å². The van der Waals surface area contributed by atoms with Gasteiger partial charge in [-0.2, -0.15) is 0 Å². The smallest absolute Gasteiger partial charge is 0.173 e. The molecule has 4 rings (SSSR count). The number of carbonyl (C=O) groups is 1. The number of hydrogen-bond donors (Lipinski definition) is 1.